The van der Waals surface area contributed by atoms with E-state index in [4.69, 9.17) is 14.2 Å². The van der Waals surface area contributed by atoms with Gasteiger partial charge < -0.3 is 23.9 Å². The second-order valence-corrected chi connectivity index (χ2v) is 9.86. The number of fused-ring (bicyclic) bond motifs is 2. The van der Waals surface area contributed by atoms with Crippen LogP contribution in [0.15, 0.2) is 48.7 Å². The van der Waals surface area contributed by atoms with Crippen molar-refractivity contribution in [1.29, 1.82) is 0 Å². The molecule has 0 aliphatic heterocycles. The average Bonchev–Trinajstić information content (AvgIpc) is 3.50. The number of carboxylic acids is 1. The largest absolute Gasteiger partial charge is 0.496 e. The lowest BCUT2D eigenvalue weighted by Gasteiger charge is -2.29. The SMILES string of the molecule is COCC(C)(C)c1c(-c2c(OC)cc(C(=O)O)cc2OC)c2cc3[nH]ncc3cc2n1-c1ccc(F)c(F)c1. The van der Waals surface area contributed by atoms with Gasteiger partial charge in [0, 0.05) is 46.3 Å². The van der Waals surface area contributed by atoms with Crippen molar-refractivity contribution in [3.63, 3.8) is 0 Å². The van der Waals surface area contributed by atoms with Crippen LogP contribution >= 0.6 is 0 Å². The molecule has 3 aromatic carbocycles. The molecule has 0 aliphatic carbocycles. The highest BCUT2D eigenvalue weighted by Gasteiger charge is 2.35. The number of methoxy groups -OCH3 is 3. The van der Waals surface area contributed by atoms with E-state index in [9.17, 15) is 18.7 Å². The number of halogens is 2. The smallest absolute Gasteiger partial charge is 0.335 e. The van der Waals surface area contributed by atoms with E-state index >= 15 is 0 Å². The van der Waals surface area contributed by atoms with E-state index < -0.39 is 23.0 Å². The van der Waals surface area contributed by atoms with Gasteiger partial charge in [-0.1, -0.05) is 13.8 Å². The van der Waals surface area contributed by atoms with Crippen molar-refractivity contribution in [3.8, 4) is 28.3 Å². The first kappa shape index (κ1) is 26.2. The van der Waals surface area contributed by atoms with Gasteiger partial charge in [0.1, 0.15) is 11.5 Å². The Morgan fingerprint density at radius 2 is 1.69 bits per heavy atom. The fourth-order valence-corrected chi connectivity index (χ4v) is 5.22. The molecule has 0 radical (unpaired) electrons. The lowest BCUT2D eigenvalue weighted by atomic mass is 9.84. The molecule has 202 valence electrons. The molecule has 39 heavy (non-hydrogen) atoms. The Labute approximate surface area is 222 Å². The molecule has 2 aromatic heterocycles. The van der Waals surface area contributed by atoms with Gasteiger partial charge in [0.2, 0.25) is 0 Å². The standard InChI is InChI=1S/C29H27F2N3O5/c1-29(2,14-37-3)27-25(26-23(38-4)9-15(28(35)36)10-24(26)39-5)18-12-21-16(13-32-33-21)8-22(18)34(27)17-6-7-19(30)20(31)11-17/h6-13H,14H2,1-5H3,(H,32,33)(H,35,36). The number of H-pyrrole nitrogens is 1. The predicted octanol–water partition coefficient (Wildman–Crippen LogP) is 6.09. The van der Waals surface area contributed by atoms with Crippen molar-refractivity contribution in [2.75, 3.05) is 27.9 Å². The van der Waals surface area contributed by atoms with Gasteiger partial charge in [-0.05, 0) is 36.4 Å². The van der Waals surface area contributed by atoms with Gasteiger partial charge >= 0.3 is 5.97 Å². The zero-order valence-electron chi connectivity index (χ0n) is 22.1. The Bertz CT molecular complexity index is 1710. The Kier molecular flexibility index (Phi) is 6.51. The van der Waals surface area contributed by atoms with Gasteiger partial charge in [0.05, 0.1) is 49.2 Å². The van der Waals surface area contributed by atoms with Gasteiger partial charge in [-0.25, -0.2) is 13.6 Å². The minimum absolute atomic E-state index is 0.00884. The van der Waals surface area contributed by atoms with E-state index in [-0.39, 0.29) is 23.7 Å². The molecule has 0 amide bonds. The van der Waals surface area contributed by atoms with E-state index in [1.165, 1.54) is 32.4 Å². The minimum atomic E-state index is -1.14. The van der Waals surface area contributed by atoms with Crippen LogP contribution in [0.1, 0.15) is 29.9 Å². The first-order valence-corrected chi connectivity index (χ1v) is 12.1. The number of hydrogen-bond donors (Lipinski definition) is 2. The third-order valence-corrected chi connectivity index (χ3v) is 6.84. The molecule has 5 rings (SSSR count). The number of nitrogens with one attached hydrogen (secondary N) is 1. The van der Waals surface area contributed by atoms with Crippen molar-refractivity contribution >= 4 is 27.8 Å². The van der Waals surface area contributed by atoms with Crippen LogP contribution in [0.25, 0.3) is 38.6 Å². The second kappa shape index (κ2) is 9.70. The van der Waals surface area contributed by atoms with E-state index in [0.717, 1.165) is 28.4 Å². The summed E-state index contributed by atoms with van der Waals surface area (Å²) in [7, 11) is 4.49. The van der Waals surface area contributed by atoms with Crippen LogP contribution in [0.5, 0.6) is 11.5 Å². The second-order valence-electron chi connectivity index (χ2n) is 9.86. The quantitative estimate of drug-likeness (QED) is 0.250. The maximum atomic E-state index is 14.6. The van der Waals surface area contributed by atoms with Crippen molar-refractivity contribution in [1.82, 2.24) is 14.8 Å². The number of rotatable bonds is 8. The molecule has 10 heteroatoms. The number of aromatic amines is 1. The number of aromatic nitrogens is 3. The summed E-state index contributed by atoms with van der Waals surface area (Å²) < 4.78 is 47.5. The third-order valence-electron chi connectivity index (χ3n) is 6.84. The van der Waals surface area contributed by atoms with E-state index in [1.54, 1.807) is 13.3 Å². The fraction of sp³-hybridized carbons (Fsp3) is 0.241. The number of carbonyl (C=O) groups is 1. The van der Waals surface area contributed by atoms with Crippen LogP contribution in [0.2, 0.25) is 0 Å². The number of benzene rings is 3. The molecule has 5 aromatic rings. The van der Waals surface area contributed by atoms with Crippen LogP contribution in [0.3, 0.4) is 0 Å². The normalized spacial score (nSPS) is 11.9. The van der Waals surface area contributed by atoms with Gasteiger partial charge in [-0.15, -0.1) is 0 Å². The summed E-state index contributed by atoms with van der Waals surface area (Å²) in [5, 5.41) is 18.4. The van der Waals surface area contributed by atoms with Crippen molar-refractivity contribution in [2.45, 2.75) is 19.3 Å². The lowest BCUT2D eigenvalue weighted by molar-refractivity contribution is 0.0696. The van der Waals surface area contributed by atoms with E-state index in [1.807, 2.05) is 30.5 Å². The number of carboxylic acid groups (broad SMARTS) is 1. The van der Waals surface area contributed by atoms with Gasteiger partial charge in [0.25, 0.3) is 0 Å². The van der Waals surface area contributed by atoms with Crippen LogP contribution in [-0.2, 0) is 10.2 Å². The number of nitrogens with zero attached hydrogens (tertiary/aromatic N) is 2. The predicted molar refractivity (Wildman–Crippen MR) is 143 cm³/mol. The number of hydrogen-bond acceptors (Lipinski definition) is 5. The maximum Gasteiger partial charge on any atom is 0.335 e. The van der Waals surface area contributed by atoms with Crippen molar-refractivity contribution < 1.29 is 32.9 Å². The molecular weight excluding hydrogens is 508 g/mol. The Hall–Kier alpha value is -4.44. The molecule has 0 saturated carbocycles. The lowest BCUT2D eigenvalue weighted by Crippen LogP contribution is -2.27. The molecule has 0 spiro atoms. The van der Waals surface area contributed by atoms with Crippen LogP contribution in [-0.4, -0.2) is 53.8 Å². The van der Waals surface area contributed by atoms with Gasteiger partial charge in [0.15, 0.2) is 11.6 Å². The highest BCUT2D eigenvalue weighted by atomic mass is 19.2. The van der Waals surface area contributed by atoms with E-state index in [0.29, 0.717) is 28.0 Å². The molecule has 0 saturated heterocycles. The summed E-state index contributed by atoms with van der Waals surface area (Å²) in [5.41, 5.74) is 3.01. The first-order valence-electron chi connectivity index (χ1n) is 12.1. The minimum Gasteiger partial charge on any atom is -0.496 e. The van der Waals surface area contributed by atoms with Crippen LogP contribution in [0, 0.1) is 11.6 Å². The molecular formula is C29H27F2N3O5. The van der Waals surface area contributed by atoms with Gasteiger partial charge in [-0.3, -0.25) is 5.10 Å². The molecule has 8 nitrogen and oxygen atoms in total. The Morgan fingerprint density at radius 3 is 2.28 bits per heavy atom. The highest BCUT2D eigenvalue weighted by Crippen LogP contribution is 2.50. The number of ether oxygens (including phenoxy) is 3. The molecule has 2 heterocycles. The summed E-state index contributed by atoms with van der Waals surface area (Å²) in [5.74, 6) is -2.54. The topological polar surface area (TPSA) is 98.6 Å². The first-order chi connectivity index (χ1) is 18.6. The molecule has 2 N–H and O–H groups in total. The van der Waals surface area contributed by atoms with Crippen molar-refractivity contribution in [2.24, 2.45) is 0 Å². The molecule has 0 atom stereocenters. The maximum absolute atomic E-state index is 14.6. The third kappa shape index (κ3) is 4.26. The summed E-state index contributed by atoms with van der Waals surface area (Å²) in [6, 6.07) is 10.4. The molecule has 0 unspecified atom stereocenters. The monoisotopic (exact) mass is 535 g/mol. The molecule has 0 fully saturated rings. The zero-order valence-corrected chi connectivity index (χ0v) is 22.1. The highest BCUT2D eigenvalue weighted by molar-refractivity contribution is 6.08. The van der Waals surface area contributed by atoms with Crippen LogP contribution < -0.4 is 9.47 Å². The Balaban J connectivity index is 2.04. The average molecular weight is 536 g/mol. The summed E-state index contributed by atoms with van der Waals surface area (Å²) in [6.07, 6.45) is 1.68. The zero-order chi connectivity index (χ0) is 28.1. The van der Waals surface area contributed by atoms with E-state index in [2.05, 4.69) is 10.2 Å². The van der Waals surface area contributed by atoms with Gasteiger partial charge in [-0.2, -0.15) is 5.10 Å². The molecule has 0 aliphatic rings. The van der Waals surface area contributed by atoms with Crippen molar-refractivity contribution in [3.05, 3.63) is 71.6 Å². The number of aromatic carboxylic acids is 1. The molecule has 0 bridgehead atoms. The Morgan fingerprint density at radius 1 is 1.00 bits per heavy atom. The summed E-state index contributed by atoms with van der Waals surface area (Å²) >= 11 is 0. The van der Waals surface area contributed by atoms with Crippen LogP contribution in [0.4, 0.5) is 8.78 Å². The summed E-state index contributed by atoms with van der Waals surface area (Å²) in [6.45, 7) is 4.22. The summed E-state index contributed by atoms with van der Waals surface area (Å²) in [4.78, 5) is 11.9. The fourth-order valence-electron chi connectivity index (χ4n) is 5.22.